The normalized spacial score (nSPS) is 10.8. The van der Waals surface area contributed by atoms with Crippen molar-refractivity contribution < 1.29 is 73.3 Å². The molecule has 3 aromatic rings. The Morgan fingerprint density at radius 2 is 1.45 bits per heavy atom. The van der Waals surface area contributed by atoms with Crippen LogP contribution >= 0.6 is 7.82 Å². The van der Waals surface area contributed by atoms with Gasteiger partial charge in [0.15, 0.2) is 23.0 Å². The first kappa shape index (κ1) is 25.1. The van der Waals surface area contributed by atoms with Crippen LogP contribution in [0.4, 0.5) is 0 Å². The maximum atomic E-state index is 11.3. The van der Waals surface area contributed by atoms with E-state index in [2.05, 4.69) is 5.16 Å². The van der Waals surface area contributed by atoms with E-state index in [4.69, 9.17) is 28.0 Å². The summed E-state index contributed by atoms with van der Waals surface area (Å²) in [6.45, 7) is 0. The predicted molar refractivity (Wildman–Crippen MR) is 107 cm³/mol. The zero-order valence-electron chi connectivity index (χ0n) is 18.6. The van der Waals surface area contributed by atoms with Crippen molar-refractivity contribution in [3.05, 3.63) is 36.6 Å². The van der Waals surface area contributed by atoms with Gasteiger partial charge < -0.3 is 29.4 Å². The number of ether oxygens (including phenoxy) is 4. The average Bonchev–Trinajstić information content (AvgIpc) is 3.21. The number of benzene rings is 2. The minimum Gasteiger partial charge on any atom is -1.00 e. The summed E-state index contributed by atoms with van der Waals surface area (Å²) in [6.07, 6.45) is 1.40. The molecule has 0 aliphatic heterocycles. The molecule has 3 rings (SSSR count). The second kappa shape index (κ2) is 10.4. The number of nitrogens with zero attached hydrogens (tertiary/aromatic N) is 1. The Bertz CT molecular complexity index is 1080. The molecule has 0 saturated carbocycles. The summed E-state index contributed by atoms with van der Waals surface area (Å²) in [4.78, 5) is 18.3. The Morgan fingerprint density at radius 1 is 0.871 bits per heavy atom. The molecule has 2 aromatic carbocycles. The van der Waals surface area contributed by atoms with Gasteiger partial charge in [0.05, 0.1) is 28.4 Å². The minimum absolute atomic E-state index is 0. The molecule has 2 N–H and O–H groups in total. The molecule has 12 heteroatoms. The largest absolute Gasteiger partial charge is 1.00 e. The molecule has 31 heavy (non-hydrogen) atoms. The summed E-state index contributed by atoms with van der Waals surface area (Å²) >= 11 is 0. The number of methoxy groups -OCH3 is 4. The first-order valence-electron chi connectivity index (χ1n) is 8.49. The number of phosphoric acid groups is 1. The third kappa shape index (κ3) is 5.54. The van der Waals surface area contributed by atoms with Crippen LogP contribution in [0, 0.1) is 0 Å². The van der Waals surface area contributed by atoms with Gasteiger partial charge in [-0.05, 0) is 29.8 Å². The summed E-state index contributed by atoms with van der Waals surface area (Å²) in [5.74, 6) is 1.32. The molecular formula is C19H21NNaO9P. The van der Waals surface area contributed by atoms with Crippen LogP contribution in [0.5, 0.6) is 28.7 Å². The van der Waals surface area contributed by atoms with E-state index in [-0.39, 0.29) is 42.5 Å². The summed E-state index contributed by atoms with van der Waals surface area (Å²) in [5.41, 5.74) is 2.13. The van der Waals surface area contributed by atoms with Gasteiger partial charge in [0, 0.05) is 11.1 Å². The molecule has 0 unspecified atom stereocenters. The van der Waals surface area contributed by atoms with Gasteiger partial charge in [0.25, 0.3) is 0 Å². The quantitative estimate of drug-likeness (QED) is 0.364. The smallest absolute Gasteiger partial charge is 1.00 e. The van der Waals surface area contributed by atoms with Crippen molar-refractivity contribution in [2.45, 2.75) is 0 Å². The zero-order valence-corrected chi connectivity index (χ0v) is 20.5. The summed E-state index contributed by atoms with van der Waals surface area (Å²) in [6, 6.07) is 8.04. The van der Waals surface area contributed by atoms with Gasteiger partial charge >= 0.3 is 37.4 Å². The zero-order chi connectivity index (χ0) is 21.9. The van der Waals surface area contributed by atoms with Crippen LogP contribution in [-0.4, -0.2) is 43.4 Å². The summed E-state index contributed by atoms with van der Waals surface area (Å²) < 4.78 is 42.4. The van der Waals surface area contributed by atoms with Gasteiger partial charge in [-0.15, -0.1) is 0 Å². The first-order valence-corrected chi connectivity index (χ1v) is 10.0. The van der Waals surface area contributed by atoms with E-state index < -0.39 is 7.82 Å². The molecule has 0 saturated heterocycles. The number of aromatic nitrogens is 1. The van der Waals surface area contributed by atoms with Crippen LogP contribution in [0.2, 0.25) is 0 Å². The standard InChI is InChI=1S/C19H20NO9P.Na.H/c1-24-14-6-5-11(7-15(14)29-30(21,22)23)13-10-28-20-18(13)12-8-16(25-2)19(27-4)17(9-12)26-3;;/h5-10H,1-4H3,(H2,21,22,23);;/q;+1;-1. The van der Waals surface area contributed by atoms with E-state index in [9.17, 15) is 14.4 Å². The molecule has 0 aliphatic carbocycles. The Hall–Kier alpha value is -2.20. The number of phosphoric ester groups is 1. The van der Waals surface area contributed by atoms with Crippen molar-refractivity contribution >= 4 is 7.82 Å². The van der Waals surface area contributed by atoms with E-state index >= 15 is 0 Å². The van der Waals surface area contributed by atoms with Crippen molar-refractivity contribution in [3.63, 3.8) is 0 Å². The number of hydrogen-bond donors (Lipinski definition) is 2. The van der Waals surface area contributed by atoms with Gasteiger partial charge in [-0.2, -0.15) is 0 Å². The molecule has 1 heterocycles. The monoisotopic (exact) mass is 461 g/mol. The topological polar surface area (TPSA) is 130 Å². The third-order valence-corrected chi connectivity index (χ3v) is 4.63. The fourth-order valence-corrected chi connectivity index (χ4v) is 3.31. The maximum Gasteiger partial charge on any atom is 1.00 e. The van der Waals surface area contributed by atoms with Crippen LogP contribution in [-0.2, 0) is 4.57 Å². The van der Waals surface area contributed by atoms with Crippen molar-refractivity contribution in [1.29, 1.82) is 0 Å². The molecule has 0 spiro atoms. The van der Waals surface area contributed by atoms with Crippen molar-refractivity contribution in [1.82, 2.24) is 5.16 Å². The van der Waals surface area contributed by atoms with Gasteiger partial charge in [0.2, 0.25) is 5.75 Å². The van der Waals surface area contributed by atoms with Gasteiger partial charge in [-0.3, -0.25) is 9.79 Å². The minimum atomic E-state index is -4.79. The number of rotatable bonds is 8. The fraction of sp³-hybridized carbons (Fsp3) is 0.211. The molecule has 0 atom stereocenters. The Kier molecular flexibility index (Phi) is 8.41. The van der Waals surface area contributed by atoms with Gasteiger partial charge in [-0.25, -0.2) is 4.57 Å². The van der Waals surface area contributed by atoms with E-state index in [0.717, 1.165) is 0 Å². The summed E-state index contributed by atoms with van der Waals surface area (Å²) in [5, 5.41) is 4.06. The second-order valence-corrected chi connectivity index (χ2v) is 7.10. The molecule has 0 aliphatic rings. The molecule has 1 aromatic heterocycles. The van der Waals surface area contributed by atoms with Crippen LogP contribution in [0.3, 0.4) is 0 Å². The summed E-state index contributed by atoms with van der Waals surface area (Å²) in [7, 11) is 1.07. The van der Waals surface area contributed by atoms with E-state index in [1.54, 1.807) is 18.2 Å². The van der Waals surface area contributed by atoms with Crippen molar-refractivity contribution in [3.8, 4) is 51.1 Å². The Morgan fingerprint density at radius 3 is 1.97 bits per heavy atom. The van der Waals surface area contributed by atoms with Crippen LogP contribution in [0.15, 0.2) is 41.1 Å². The Balaban J connectivity index is 0.00000256. The van der Waals surface area contributed by atoms with E-state index in [1.807, 2.05) is 0 Å². The van der Waals surface area contributed by atoms with E-state index in [0.29, 0.717) is 39.6 Å². The third-order valence-electron chi connectivity index (χ3n) is 4.20. The Labute approximate surface area is 202 Å². The second-order valence-electron chi connectivity index (χ2n) is 5.94. The fourth-order valence-electron chi connectivity index (χ4n) is 2.91. The molecule has 162 valence electrons. The average molecular weight is 461 g/mol. The van der Waals surface area contributed by atoms with Crippen molar-refractivity contribution in [2.24, 2.45) is 0 Å². The first-order chi connectivity index (χ1) is 14.3. The maximum absolute atomic E-state index is 11.3. The molecule has 0 fully saturated rings. The van der Waals surface area contributed by atoms with Gasteiger partial charge in [-0.1, -0.05) is 11.2 Å². The van der Waals surface area contributed by atoms with Crippen LogP contribution < -0.4 is 53.0 Å². The van der Waals surface area contributed by atoms with Gasteiger partial charge in [0.1, 0.15) is 12.0 Å². The molecule has 0 radical (unpaired) electrons. The number of hydrogen-bond acceptors (Lipinski definition) is 8. The molecule has 10 nitrogen and oxygen atoms in total. The SMILES string of the molecule is COc1ccc(-c2conc2-c2cc(OC)c(OC)c(OC)c2)cc1OP(=O)(O)O.[H-].[Na+]. The van der Waals surface area contributed by atoms with Crippen molar-refractivity contribution in [2.75, 3.05) is 28.4 Å². The molecular weight excluding hydrogens is 440 g/mol. The van der Waals surface area contributed by atoms with Crippen LogP contribution in [0.1, 0.15) is 1.43 Å². The molecule has 0 amide bonds. The van der Waals surface area contributed by atoms with E-state index in [1.165, 1.54) is 46.8 Å². The van der Waals surface area contributed by atoms with Crippen LogP contribution in [0.25, 0.3) is 22.4 Å². The molecule has 0 bridgehead atoms. The predicted octanol–water partition coefficient (Wildman–Crippen LogP) is 0.631.